The molecule has 1 aromatic heterocycles. The van der Waals surface area contributed by atoms with Gasteiger partial charge in [0.05, 0.1) is 24.6 Å². The second kappa shape index (κ2) is 5.90. The molecule has 3 heterocycles. The zero-order valence-corrected chi connectivity index (χ0v) is 11.4. The fourth-order valence-electron chi connectivity index (χ4n) is 2.34. The van der Waals surface area contributed by atoms with E-state index in [-0.39, 0.29) is 17.3 Å². The van der Waals surface area contributed by atoms with E-state index in [9.17, 15) is 4.79 Å². The third-order valence-electron chi connectivity index (χ3n) is 3.39. The number of aromatic nitrogens is 1. The summed E-state index contributed by atoms with van der Waals surface area (Å²) in [4.78, 5) is 18.4. The average Bonchev–Trinajstić information content (AvgIpc) is 2.98. The topological polar surface area (TPSA) is 54.5 Å². The molecule has 0 radical (unpaired) electrons. The van der Waals surface area contributed by atoms with E-state index in [1.54, 1.807) is 18.0 Å². The second-order valence-corrected chi connectivity index (χ2v) is 5.79. The first-order valence-corrected chi connectivity index (χ1v) is 7.53. The molecule has 0 spiro atoms. The molecule has 1 aromatic rings. The first-order valence-electron chi connectivity index (χ1n) is 6.49. The SMILES string of the molecule is O=C(C1CSC(c2cccnc2)N1)N1CCOCC1. The molecule has 2 aliphatic heterocycles. The van der Waals surface area contributed by atoms with Crippen LogP contribution in [0.1, 0.15) is 10.9 Å². The monoisotopic (exact) mass is 279 g/mol. The number of rotatable bonds is 2. The number of thioether (sulfide) groups is 1. The molecule has 6 heteroatoms. The number of morpholine rings is 1. The lowest BCUT2D eigenvalue weighted by atomic mass is 10.2. The molecule has 0 saturated carbocycles. The minimum atomic E-state index is -0.0895. The Kier molecular flexibility index (Phi) is 4.00. The van der Waals surface area contributed by atoms with E-state index >= 15 is 0 Å². The summed E-state index contributed by atoms with van der Waals surface area (Å²) in [6.07, 6.45) is 3.62. The van der Waals surface area contributed by atoms with Gasteiger partial charge in [0.25, 0.3) is 0 Å². The molecule has 3 rings (SSSR count). The highest BCUT2D eigenvalue weighted by Crippen LogP contribution is 2.32. The molecule has 0 aliphatic carbocycles. The summed E-state index contributed by atoms with van der Waals surface area (Å²) in [5, 5.41) is 3.57. The van der Waals surface area contributed by atoms with E-state index in [0.717, 1.165) is 11.3 Å². The van der Waals surface area contributed by atoms with Crippen LogP contribution in [0.5, 0.6) is 0 Å². The molecule has 1 amide bonds. The van der Waals surface area contributed by atoms with Gasteiger partial charge in [-0.15, -0.1) is 11.8 Å². The van der Waals surface area contributed by atoms with Crippen molar-refractivity contribution in [3.63, 3.8) is 0 Å². The van der Waals surface area contributed by atoms with Gasteiger partial charge in [0.1, 0.15) is 0 Å². The van der Waals surface area contributed by atoms with Crippen molar-refractivity contribution in [3.8, 4) is 0 Å². The lowest BCUT2D eigenvalue weighted by molar-refractivity contribution is -0.136. The van der Waals surface area contributed by atoms with Crippen molar-refractivity contribution in [3.05, 3.63) is 30.1 Å². The van der Waals surface area contributed by atoms with Crippen LogP contribution in [-0.4, -0.2) is 53.9 Å². The normalized spacial score (nSPS) is 27.5. The van der Waals surface area contributed by atoms with Crippen LogP contribution in [0.3, 0.4) is 0 Å². The Hall–Kier alpha value is -1.11. The number of pyridine rings is 1. The quantitative estimate of drug-likeness (QED) is 0.861. The van der Waals surface area contributed by atoms with Gasteiger partial charge in [0.15, 0.2) is 0 Å². The maximum Gasteiger partial charge on any atom is 0.240 e. The number of hydrogen-bond donors (Lipinski definition) is 1. The number of nitrogens with one attached hydrogen (secondary N) is 1. The third kappa shape index (κ3) is 2.91. The van der Waals surface area contributed by atoms with E-state index in [1.807, 2.05) is 23.2 Å². The van der Waals surface area contributed by atoms with Crippen molar-refractivity contribution in [2.24, 2.45) is 0 Å². The Balaban J connectivity index is 1.61. The minimum absolute atomic E-state index is 0.0895. The summed E-state index contributed by atoms with van der Waals surface area (Å²) in [5.41, 5.74) is 1.13. The molecule has 0 aromatic carbocycles. The van der Waals surface area contributed by atoms with Gasteiger partial charge < -0.3 is 9.64 Å². The lowest BCUT2D eigenvalue weighted by Gasteiger charge is -2.29. The van der Waals surface area contributed by atoms with E-state index in [1.165, 1.54) is 0 Å². The molecule has 2 saturated heterocycles. The fraction of sp³-hybridized carbons (Fsp3) is 0.538. The molecule has 0 bridgehead atoms. The Morgan fingerprint density at radius 2 is 2.32 bits per heavy atom. The molecule has 2 aliphatic rings. The van der Waals surface area contributed by atoms with Gasteiger partial charge in [-0.25, -0.2) is 0 Å². The average molecular weight is 279 g/mol. The minimum Gasteiger partial charge on any atom is -0.378 e. The van der Waals surface area contributed by atoms with Crippen molar-refractivity contribution in [2.75, 3.05) is 32.1 Å². The lowest BCUT2D eigenvalue weighted by Crippen LogP contribution is -2.49. The predicted octanol–water partition coefficient (Wildman–Crippen LogP) is 0.644. The van der Waals surface area contributed by atoms with E-state index in [4.69, 9.17) is 4.74 Å². The van der Waals surface area contributed by atoms with E-state index in [2.05, 4.69) is 10.3 Å². The summed E-state index contributed by atoms with van der Waals surface area (Å²) < 4.78 is 5.28. The van der Waals surface area contributed by atoms with Gasteiger partial charge in [0.2, 0.25) is 5.91 Å². The number of ether oxygens (including phenoxy) is 1. The van der Waals surface area contributed by atoms with Gasteiger partial charge in [-0.2, -0.15) is 0 Å². The molecule has 19 heavy (non-hydrogen) atoms. The van der Waals surface area contributed by atoms with Crippen molar-refractivity contribution in [2.45, 2.75) is 11.4 Å². The second-order valence-electron chi connectivity index (χ2n) is 4.66. The Bertz CT molecular complexity index is 437. The van der Waals surface area contributed by atoms with E-state index < -0.39 is 0 Å². The van der Waals surface area contributed by atoms with Crippen molar-refractivity contribution < 1.29 is 9.53 Å². The van der Waals surface area contributed by atoms with Gasteiger partial charge >= 0.3 is 0 Å². The smallest absolute Gasteiger partial charge is 0.240 e. The highest BCUT2D eigenvalue weighted by molar-refractivity contribution is 7.99. The molecule has 1 N–H and O–H groups in total. The molecule has 5 nitrogen and oxygen atoms in total. The zero-order valence-electron chi connectivity index (χ0n) is 10.6. The summed E-state index contributed by atoms with van der Waals surface area (Å²) in [6, 6.07) is 3.88. The largest absolute Gasteiger partial charge is 0.378 e. The van der Waals surface area contributed by atoms with Crippen molar-refractivity contribution in [1.82, 2.24) is 15.2 Å². The van der Waals surface area contributed by atoms with Gasteiger partial charge in [0, 0.05) is 31.2 Å². The Morgan fingerprint density at radius 3 is 3.05 bits per heavy atom. The van der Waals surface area contributed by atoms with Crippen LogP contribution >= 0.6 is 11.8 Å². The first kappa shape index (κ1) is 12.9. The highest BCUT2D eigenvalue weighted by atomic mass is 32.2. The summed E-state index contributed by atoms with van der Waals surface area (Å²) in [6.45, 7) is 2.72. The molecule has 2 atom stereocenters. The maximum absolute atomic E-state index is 12.4. The summed E-state index contributed by atoms with van der Waals surface area (Å²) in [7, 11) is 0. The maximum atomic E-state index is 12.4. The third-order valence-corrected chi connectivity index (χ3v) is 4.66. The van der Waals surface area contributed by atoms with Crippen LogP contribution in [0, 0.1) is 0 Å². The standard InChI is InChI=1S/C13H17N3O2S/c17-13(16-4-6-18-7-5-16)11-9-19-12(15-11)10-2-1-3-14-8-10/h1-3,8,11-12,15H,4-7,9H2. The highest BCUT2D eigenvalue weighted by Gasteiger charge is 2.33. The van der Waals surface area contributed by atoms with Crippen LogP contribution in [0.25, 0.3) is 0 Å². The van der Waals surface area contributed by atoms with Crippen molar-refractivity contribution >= 4 is 17.7 Å². The van der Waals surface area contributed by atoms with Gasteiger partial charge in [-0.05, 0) is 11.6 Å². The number of nitrogens with zero attached hydrogens (tertiary/aromatic N) is 2. The molecular formula is C13H17N3O2S. The Labute approximate surface area is 116 Å². The van der Waals surface area contributed by atoms with Crippen LogP contribution in [0.15, 0.2) is 24.5 Å². The number of hydrogen-bond acceptors (Lipinski definition) is 5. The van der Waals surface area contributed by atoms with Gasteiger partial charge in [-0.1, -0.05) is 6.07 Å². The number of carbonyl (C=O) groups excluding carboxylic acids is 1. The van der Waals surface area contributed by atoms with Crippen LogP contribution in [0.2, 0.25) is 0 Å². The van der Waals surface area contributed by atoms with Crippen LogP contribution in [-0.2, 0) is 9.53 Å². The van der Waals surface area contributed by atoms with Crippen LogP contribution < -0.4 is 5.32 Å². The first-order chi connectivity index (χ1) is 9.34. The molecule has 2 unspecified atom stereocenters. The Morgan fingerprint density at radius 1 is 1.47 bits per heavy atom. The van der Waals surface area contributed by atoms with E-state index in [0.29, 0.717) is 26.3 Å². The molecular weight excluding hydrogens is 262 g/mol. The number of amides is 1. The molecule has 2 fully saturated rings. The fourth-order valence-corrected chi connectivity index (χ4v) is 3.56. The summed E-state index contributed by atoms with van der Waals surface area (Å²) in [5.74, 6) is 1.01. The molecule has 102 valence electrons. The van der Waals surface area contributed by atoms with Crippen LogP contribution in [0.4, 0.5) is 0 Å². The summed E-state index contributed by atoms with van der Waals surface area (Å²) >= 11 is 1.77. The number of carbonyl (C=O) groups is 1. The van der Waals surface area contributed by atoms with Crippen molar-refractivity contribution in [1.29, 1.82) is 0 Å². The van der Waals surface area contributed by atoms with Gasteiger partial charge in [-0.3, -0.25) is 15.1 Å². The predicted molar refractivity (Wildman–Crippen MR) is 73.8 cm³/mol. The zero-order chi connectivity index (χ0) is 13.1.